The first-order chi connectivity index (χ1) is 11.5. The molecule has 0 aliphatic rings. The number of non-ortho nitro benzene ring substituents is 1. The van der Waals surface area contributed by atoms with E-state index in [0.717, 1.165) is 23.8 Å². The van der Waals surface area contributed by atoms with Gasteiger partial charge in [-0.05, 0) is 6.07 Å². The second kappa shape index (κ2) is 6.29. The topological polar surface area (TPSA) is 98.3 Å². The third-order valence-corrected chi connectivity index (χ3v) is 3.21. The summed E-state index contributed by atoms with van der Waals surface area (Å²) in [6.45, 7) is 0. The van der Waals surface area contributed by atoms with Crippen molar-refractivity contribution in [3.8, 4) is 11.3 Å². The molecule has 0 saturated carbocycles. The van der Waals surface area contributed by atoms with Crippen LogP contribution in [0.3, 0.4) is 0 Å². The van der Waals surface area contributed by atoms with E-state index in [1.807, 2.05) is 18.2 Å². The van der Waals surface area contributed by atoms with Crippen molar-refractivity contribution < 1.29 is 18.6 Å². The van der Waals surface area contributed by atoms with Gasteiger partial charge in [-0.15, -0.1) is 0 Å². The summed E-state index contributed by atoms with van der Waals surface area (Å²) in [5.74, 6) is -1.69. The maximum atomic E-state index is 13.7. The van der Waals surface area contributed by atoms with E-state index >= 15 is 0 Å². The molecule has 7 nitrogen and oxygen atoms in total. The lowest BCUT2D eigenvalue weighted by molar-refractivity contribution is -0.384. The molecule has 0 saturated heterocycles. The van der Waals surface area contributed by atoms with Gasteiger partial charge in [-0.25, -0.2) is 4.39 Å². The minimum atomic E-state index is -0.795. The van der Waals surface area contributed by atoms with Gasteiger partial charge in [-0.1, -0.05) is 35.5 Å². The molecule has 1 N–H and O–H groups in total. The third-order valence-electron chi connectivity index (χ3n) is 3.21. The summed E-state index contributed by atoms with van der Waals surface area (Å²) >= 11 is 0. The number of benzene rings is 2. The smallest absolute Gasteiger partial charge is 0.294 e. The fraction of sp³-hybridized carbons (Fsp3) is 0. The van der Waals surface area contributed by atoms with Crippen LogP contribution in [-0.4, -0.2) is 16.0 Å². The van der Waals surface area contributed by atoms with Crippen molar-refractivity contribution in [3.05, 3.63) is 76.3 Å². The number of aromatic nitrogens is 1. The van der Waals surface area contributed by atoms with Gasteiger partial charge >= 0.3 is 0 Å². The molecule has 0 spiro atoms. The van der Waals surface area contributed by atoms with Gasteiger partial charge in [0.15, 0.2) is 0 Å². The third kappa shape index (κ3) is 3.12. The largest absolute Gasteiger partial charge is 0.350 e. The van der Waals surface area contributed by atoms with Crippen molar-refractivity contribution in [1.29, 1.82) is 0 Å². The zero-order valence-electron chi connectivity index (χ0n) is 12.1. The normalized spacial score (nSPS) is 10.4. The van der Waals surface area contributed by atoms with Crippen molar-refractivity contribution >= 4 is 17.3 Å². The molecule has 0 atom stereocenters. The Morgan fingerprint density at radius 3 is 2.62 bits per heavy atom. The van der Waals surface area contributed by atoms with Crippen LogP contribution >= 0.6 is 0 Å². The molecule has 3 rings (SSSR count). The van der Waals surface area contributed by atoms with E-state index in [0.29, 0.717) is 5.69 Å². The van der Waals surface area contributed by atoms with Crippen molar-refractivity contribution in [2.24, 2.45) is 0 Å². The van der Waals surface area contributed by atoms with Crippen LogP contribution in [0.15, 0.2) is 59.1 Å². The standard InChI is InChI=1S/C16H10FN3O4/c17-12-7-6-11(20(22)23)8-14(12)18-16(21)15-9-13(19-24-15)10-4-2-1-3-5-10/h1-9H,(H,18,21). The fourth-order valence-corrected chi connectivity index (χ4v) is 2.03. The average Bonchev–Trinajstić information content (AvgIpc) is 3.07. The monoisotopic (exact) mass is 327 g/mol. The Hall–Kier alpha value is -3.55. The highest BCUT2D eigenvalue weighted by Gasteiger charge is 2.18. The number of amides is 1. The molecule has 1 amide bonds. The number of hydrogen-bond donors (Lipinski definition) is 1. The lowest BCUT2D eigenvalue weighted by Crippen LogP contribution is -2.12. The van der Waals surface area contributed by atoms with Crippen LogP contribution in [0.4, 0.5) is 15.8 Å². The molecule has 2 aromatic carbocycles. The van der Waals surface area contributed by atoms with Crippen LogP contribution in [0.2, 0.25) is 0 Å². The second-order valence-electron chi connectivity index (χ2n) is 4.82. The van der Waals surface area contributed by atoms with E-state index in [1.54, 1.807) is 12.1 Å². The Morgan fingerprint density at radius 2 is 1.92 bits per heavy atom. The van der Waals surface area contributed by atoms with Gasteiger partial charge in [0.25, 0.3) is 11.6 Å². The molecule has 120 valence electrons. The highest BCUT2D eigenvalue weighted by atomic mass is 19.1. The minimum absolute atomic E-state index is 0.139. The number of rotatable bonds is 4. The summed E-state index contributed by atoms with van der Waals surface area (Å²) in [7, 11) is 0. The van der Waals surface area contributed by atoms with Gasteiger partial charge in [0.05, 0.1) is 10.6 Å². The molecular formula is C16H10FN3O4. The van der Waals surface area contributed by atoms with Gasteiger partial charge in [0.1, 0.15) is 11.5 Å². The Kier molecular flexibility index (Phi) is 4.02. The Morgan fingerprint density at radius 1 is 1.17 bits per heavy atom. The van der Waals surface area contributed by atoms with Crippen LogP contribution in [-0.2, 0) is 0 Å². The number of nitro benzene ring substituents is 1. The van der Waals surface area contributed by atoms with Crippen molar-refractivity contribution in [3.63, 3.8) is 0 Å². The van der Waals surface area contributed by atoms with E-state index in [2.05, 4.69) is 10.5 Å². The molecule has 0 bridgehead atoms. The molecule has 0 aliphatic carbocycles. The summed E-state index contributed by atoms with van der Waals surface area (Å²) in [6.07, 6.45) is 0. The quantitative estimate of drug-likeness (QED) is 0.582. The van der Waals surface area contributed by atoms with Crippen LogP contribution in [0.1, 0.15) is 10.6 Å². The number of carbonyl (C=O) groups is 1. The zero-order chi connectivity index (χ0) is 17.1. The number of nitro groups is 1. The predicted molar refractivity (Wildman–Crippen MR) is 82.9 cm³/mol. The lowest BCUT2D eigenvalue weighted by Gasteiger charge is -2.03. The summed E-state index contributed by atoms with van der Waals surface area (Å²) in [6, 6.07) is 13.3. The van der Waals surface area contributed by atoms with E-state index < -0.39 is 16.6 Å². The number of nitrogens with one attached hydrogen (secondary N) is 1. The minimum Gasteiger partial charge on any atom is -0.350 e. The summed E-state index contributed by atoms with van der Waals surface area (Å²) in [5, 5.41) is 16.7. The van der Waals surface area contributed by atoms with Gasteiger partial charge in [0.2, 0.25) is 5.76 Å². The van der Waals surface area contributed by atoms with Crippen molar-refractivity contribution in [2.75, 3.05) is 5.32 Å². The SMILES string of the molecule is O=C(Nc1cc([N+](=O)[O-])ccc1F)c1cc(-c2ccccc2)no1. The van der Waals surface area contributed by atoms with Gasteiger partial charge in [-0.3, -0.25) is 14.9 Å². The molecule has 0 aliphatic heterocycles. The van der Waals surface area contributed by atoms with E-state index in [-0.39, 0.29) is 17.1 Å². The highest BCUT2D eigenvalue weighted by molar-refractivity contribution is 6.03. The Labute approximate surface area is 134 Å². The molecule has 0 unspecified atom stereocenters. The Balaban J connectivity index is 1.82. The molecule has 1 heterocycles. The van der Waals surface area contributed by atoms with E-state index in [1.165, 1.54) is 6.07 Å². The molecule has 0 fully saturated rings. The Bertz CT molecular complexity index is 909. The van der Waals surface area contributed by atoms with Crippen molar-refractivity contribution in [2.45, 2.75) is 0 Å². The zero-order valence-corrected chi connectivity index (χ0v) is 12.1. The molecular weight excluding hydrogens is 317 g/mol. The van der Waals surface area contributed by atoms with Gasteiger partial charge in [0, 0.05) is 23.8 Å². The van der Waals surface area contributed by atoms with Crippen LogP contribution in [0.25, 0.3) is 11.3 Å². The first kappa shape index (κ1) is 15.3. The van der Waals surface area contributed by atoms with E-state index in [4.69, 9.17) is 4.52 Å². The first-order valence-corrected chi connectivity index (χ1v) is 6.82. The van der Waals surface area contributed by atoms with E-state index in [9.17, 15) is 19.3 Å². The number of hydrogen-bond acceptors (Lipinski definition) is 5. The molecule has 1 aromatic heterocycles. The maximum Gasteiger partial charge on any atom is 0.294 e. The fourth-order valence-electron chi connectivity index (χ4n) is 2.03. The molecule has 8 heteroatoms. The molecule has 0 radical (unpaired) electrons. The first-order valence-electron chi connectivity index (χ1n) is 6.82. The average molecular weight is 327 g/mol. The summed E-state index contributed by atoms with van der Waals surface area (Å²) in [4.78, 5) is 22.1. The summed E-state index contributed by atoms with van der Waals surface area (Å²) in [5.41, 5.74) is 0.545. The number of halogens is 1. The van der Waals surface area contributed by atoms with Crippen LogP contribution in [0, 0.1) is 15.9 Å². The maximum absolute atomic E-state index is 13.7. The predicted octanol–water partition coefficient (Wildman–Crippen LogP) is 3.64. The molecule has 3 aromatic rings. The summed E-state index contributed by atoms with van der Waals surface area (Å²) < 4.78 is 18.6. The van der Waals surface area contributed by atoms with Crippen molar-refractivity contribution in [1.82, 2.24) is 5.16 Å². The van der Waals surface area contributed by atoms with Gasteiger partial charge in [-0.2, -0.15) is 0 Å². The lowest BCUT2D eigenvalue weighted by atomic mass is 10.1. The number of nitrogens with zero attached hydrogens (tertiary/aromatic N) is 2. The van der Waals surface area contributed by atoms with Crippen LogP contribution in [0.5, 0.6) is 0 Å². The number of carbonyl (C=O) groups excluding carboxylic acids is 1. The highest BCUT2D eigenvalue weighted by Crippen LogP contribution is 2.23. The number of anilines is 1. The second-order valence-corrected chi connectivity index (χ2v) is 4.82. The molecule has 24 heavy (non-hydrogen) atoms. The van der Waals surface area contributed by atoms with Crippen LogP contribution < -0.4 is 5.32 Å². The van der Waals surface area contributed by atoms with Gasteiger partial charge < -0.3 is 9.84 Å².